The number of primary amides is 1. The highest BCUT2D eigenvalue weighted by Gasteiger charge is 2.34. The Labute approximate surface area is 253 Å². The number of hydrogen-bond donors (Lipinski definition) is 2. The smallest absolute Gasteiger partial charge is 0.489 e. The summed E-state index contributed by atoms with van der Waals surface area (Å²) in [4.78, 5) is 25.1. The average molecular weight is 613 g/mol. The number of carbonyl (C=O) groups excluding carboxylic acids is 1. The van der Waals surface area contributed by atoms with E-state index in [1.54, 1.807) is 12.1 Å². The van der Waals surface area contributed by atoms with Crippen molar-refractivity contribution in [3.8, 4) is 22.8 Å². The van der Waals surface area contributed by atoms with Gasteiger partial charge in [-0.1, -0.05) is 12.1 Å². The number of rotatable bonds is 10. The highest BCUT2D eigenvalue weighted by atomic mass is 19.4. The Morgan fingerprint density at radius 3 is 2.41 bits per heavy atom. The van der Waals surface area contributed by atoms with Crippen LogP contribution in [0.1, 0.15) is 29.5 Å². The average Bonchev–Trinajstić information content (AvgIpc) is 2.96. The summed E-state index contributed by atoms with van der Waals surface area (Å²) in [5.41, 5.74) is 16.3. The zero-order valence-electron chi connectivity index (χ0n) is 24.2. The number of piperazine rings is 1. The summed E-state index contributed by atoms with van der Waals surface area (Å²) in [6, 6.07) is 11.4. The van der Waals surface area contributed by atoms with Crippen LogP contribution in [0.25, 0.3) is 11.3 Å². The molecule has 0 atom stereocenters. The highest BCUT2D eigenvalue weighted by molar-refractivity contribution is 5.77. The molecule has 0 radical (unpaired) electrons. The molecule has 0 unspecified atom stereocenters. The molecule has 1 saturated carbocycles. The number of nitrogens with two attached hydrogens (primary N) is 2. The van der Waals surface area contributed by atoms with Gasteiger partial charge in [-0.3, -0.25) is 9.69 Å². The van der Waals surface area contributed by atoms with E-state index in [-0.39, 0.29) is 36.2 Å². The summed E-state index contributed by atoms with van der Waals surface area (Å²) in [5, 5.41) is 0. The summed E-state index contributed by atoms with van der Waals surface area (Å²) < 4.78 is 53.0. The number of hydrogen-bond acceptors (Lipinski definition) is 9. The van der Waals surface area contributed by atoms with E-state index >= 15 is 0 Å². The second kappa shape index (κ2) is 12.5. The maximum atomic E-state index is 12.4. The number of fused-ring (bicyclic) bond motifs is 3. The first kappa shape index (κ1) is 29.9. The van der Waals surface area contributed by atoms with Crippen LogP contribution in [0.3, 0.4) is 0 Å². The Kier molecular flexibility index (Phi) is 8.50. The number of ether oxygens (including phenoxy) is 3. The van der Waals surface area contributed by atoms with Gasteiger partial charge in [0.25, 0.3) is 0 Å². The second-order valence-electron chi connectivity index (χ2n) is 11.4. The molecule has 3 aromatic rings. The molecule has 6 rings (SSSR count). The number of aromatic nitrogens is 2. The Hall–Kier alpha value is -4.10. The minimum atomic E-state index is -4.73. The van der Waals surface area contributed by atoms with Gasteiger partial charge >= 0.3 is 6.36 Å². The van der Waals surface area contributed by atoms with Crippen molar-refractivity contribution < 1.29 is 32.2 Å². The van der Waals surface area contributed by atoms with E-state index in [0.717, 1.165) is 92.2 Å². The Bertz CT molecular complexity index is 1490. The molecule has 0 spiro atoms. The lowest BCUT2D eigenvalue weighted by molar-refractivity contribution is -0.274. The first-order valence-electron chi connectivity index (χ1n) is 14.8. The molecule has 4 N–H and O–H groups in total. The highest BCUT2D eigenvalue weighted by Crippen LogP contribution is 2.39. The molecule has 10 nitrogen and oxygen atoms in total. The van der Waals surface area contributed by atoms with Crippen LogP contribution in [-0.4, -0.2) is 72.6 Å². The summed E-state index contributed by atoms with van der Waals surface area (Å²) in [6.07, 6.45) is -1.58. The van der Waals surface area contributed by atoms with E-state index in [4.69, 9.17) is 20.9 Å². The SMILES string of the molecule is NC(=O)C1CC(OCCN2CCN(c3nc(N)nc4c3CCc3cc(OCc5ccc(OC(F)(F)F)cc5)ccc3-4)CC2)C1. The van der Waals surface area contributed by atoms with Gasteiger partial charge in [0.05, 0.1) is 18.4 Å². The predicted octanol–water partition coefficient (Wildman–Crippen LogP) is 3.70. The molecular formula is C31H35F3N6O4. The topological polar surface area (TPSA) is 129 Å². The number of halogens is 3. The van der Waals surface area contributed by atoms with Crippen molar-refractivity contribution in [1.82, 2.24) is 14.9 Å². The number of amides is 1. The largest absolute Gasteiger partial charge is 0.573 e. The van der Waals surface area contributed by atoms with Gasteiger partial charge in [0.2, 0.25) is 11.9 Å². The van der Waals surface area contributed by atoms with Gasteiger partial charge in [0.1, 0.15) is 23.9 Å². The summed E-state index contributed by atoms with van der Waals surface area (Å²) in [6.45, 7) is 5.08. The molecule has 1 amide bonds. The number of nitrogen functional groups attached to an aromatic ring is 1. The summed E-state index contributed by atoms with van der Waals surface area (Å²) in [5.74, 6) is 1.23. The fourth-order valence-electron chi connectivity index (χ4n) is 5.98. The Morgan fingerprint density at radius 2 is 1.70 bits per heavy atom. The van der Waals surface area contributed by atoms with E-state index in [2.05, 4.69) is 24.5 Å². The molecular weight excluding hydrogens is 577 g/mol. The van der Waals surface area contributed by atoms with Crippen molar-refractivity contribution >= 4 is 17.7 Å². The maximum Gasteiger partial charge on any atom is 0.573 e. The minimum Gasteiger partial charge on any atom is -0.489 e. The lowest BCUT2D eigenvalue weighted by Crippen LogP contribution is -2.48. The molecule has 1 aliphatic heterocycles. The van der Waals surface area contributed by atoms with Crippen LogP contribution < -0.4 is 25.8 Å². The molecule has 13 heteroatoms. The van der Waals surface area contributed by atoms with Gasteiger partial charge in [-0.2, -0.15) is 4.98 Å². The van der Waals surface area contributed by atoms with Crippen molar-refractivity contribution in [3.63, 3.8) is 0 Å². The predicted molar refractivity (Wildman–Crippen MR) is 157 cm³/mol. The molecule has 3 aliphatic rings. The third-order valence-corrected chi connectivity index (χ3v) is 8.47. The molecule has 0 bridgehead atoms. The van der Waals surface area contributed by atoms with Gasteiger partial charge in [0, 0.05) is 49.8 Å². The molecule has 234 valence electrons. The zero-order chi connectivity index (χ0) is 30.8. The lowest BCUT2D eigenvalue weighted by atomic mass is 9.82. The van der Waals surface area contributed by atoms with E-state index in [9.17, 15) is 18.0 Å². The van der Waals surface area contributed by atoms with Gasteiger partial charge in [0.15, 0.2) is 0 Å². The normalized spacial score (nSPS) is 19.9. The van der Waals surface area contributed by atoms with Crippen LogP contribution in [0.15, 0.2) is 42.5 Å². The fraction of sp³-hybridized carbons (Fsp3) is 0.452. The second-order valence-corrected chi connectivity index (χ2v) is 11.4. The van der Waals surface area contributed by atoms with E-state index < -0.39 is 6.36 Å². The molecule has 2 heterocycles. The van der Waals surface area contributed by atoms with Gasteiger partial charge in [-0.15, -0.1) is 13.2 Å². The molecule has 1 aromatic heterocycles. The number of aryl methyl sites for hydroxylation is 1. The summed E-state index contributed by atoms with van der Waals surface area (Å²) in [7, 11) is 0. The zero-order valence-corrected chi connectivity index (χ0v) is 24.2. The monoisotopic (exact) mass is 612 g/mol. The van der Waals surface area contributed by atoms with Crippen LogP contribution in [0.5, 0.6) is 11.5 Å². The summed E-state index contributed by atoms with van der Waals surface area (Å²) >= 11 is 0. The van der Waals surface area contributed by atoms with Crippen LogP contribution in [-0.2, 0) is 29.0 Å². The van der Waals surface area contributed by atoms with E-state index in [1.807, 2.05) is 18.2 Å². The molecule has 2 fully saturated rings. The number of alkyl halides is 3. The maximum absolute atomic E-state index is 12.4. The third kappa shape index (κ3) is 6.99. The first-order chi connectivity index (χ1) is 21.1. The molecule has 1 saturated heterocycles. The van der Waals surface area contributed by atoms with Crippen LogP contribution in [0.4, 0.5) is 24.9 Å². The fourth-order valence-corrected chi connectivity index (χ4v) is 5.98. The minimum absolute atomic E-state index is 0.0402. The third-order valence-electron chi connectivity index (χ3n) is 8.47. The number of anilines is 2. The van der Waals surface area contributed by atoms with E-state index in [1.165, 1.54) is 12.1 Å². The van der Waals surface area contributed by atoms with E-state index in [0.29, 0.717) is 12.4 Å². The van der Waals surface area contributed by atoms with Gasteiger partial charge < -0.3 is 30.6 Å². The quantitative estimate of drug-likeness (QED) is 0.352. The molecule has 2 aromatic carbocycles. The first-order valence-corrected chi connectivity index (χ1v) is 14.8. The standard InChI is InChI=1S/C31H35F3N6O4/c32-31(33,34)44-22-4-1-19(2-5-22)18-43-23-6-8-25-20(15-23)3-7-26-27(25)37-30(36)38-29(26)40-11-9-39(10-12-40)13-14-42-24-16-21(17-24)28(35)41/h1-2,4-6,8,15,21,24H,3,7,9-14,16-18H2,(H2,35,41)(H2,36,37,38). The van der Waals surface area contributed by atoms with Crippen molar-refractivity contribution in [2.45, 2.75) is 44.8 Å². The molecule has 44 heavy (non-hydrogen) atoms. The lowest BCUT2D eigenvalue weighted by Gasteiger charge is -2.38. The number of benzene rings is 2. The van der Waals surface area contributed by atoms with Crippen LogP contribution in [0, 0.1) is 5.92 Å². The van der Waals surface area contributed by atoms with Gasteiger partial charge in [-0.25, -0.2) is 4.98 Å². The van der Waals surface area contributed by atoms with Crippen molar-refractivity contribution in [3.05, 3.63) is 59.2 Å². The van der Waals surface area contributed by atoms with Crippen molar-refractivity contribution in [2.24, 2.45) is 11.7 Å². The van der Waals surface area contributed by atoms with Crippen LogP contribution in [0.2, 0.25) is 0 Å². The van der Waals surface area contributed by atoms with Crippen molar-refractivity contribution in [1.29, 1.82) is 0 Å². The Morgan fingerprint density at radius 1 is 0.977 bits per heavy atom. The van der Waals surface area contributed by atoms with Gasteiger partial charge in [-0.05, 0) is 67.1 Å². The number of carbonyl (C=O) groups is 1. The molecule has 2 aliphatic carbocycles. The number of nitrogens with zero attached hydrogens (tertiary/aromatic N) is 4. The Balaban J connectivity index is 1.05. The van der Waals surface area contributed by atoms with Crippen LogP contribution >= 0.6 is 0 Å². The van der Waals surface area contributed by atoms with Crippen molar-refractivity contribution in [2.75, 3.05) is 50.0 Å².